The van der Waals surface area contributed by atoms with Crippen LogP contribution in [0.4, 0.5) is 0 Å². The molecule has 0 aliphatic carbocycles. The molecule has 3 aromatic carbocycles. The van der Waals surface area contributed by atoms with E-state index >= 15 is 0 Å². The van der Waals surface area contributed by atoms with Gasteiger partial charge in [0.15, 0.2) is 0 Å². The van der Waals surface area contributed by atoms with Crippen molar-refractivity contribution in [2.75, 3.05) is 28.4 Å². The van der Waals surface area contributed by atoms with Crippen molar-refractivity contribution in [2.24, 2.45) is 0 Å². The fourth-order valence-electron chi connectivity index (χ4n) is 3.60. The van der Waals surface area contributed by atoms with Crippen LogP contribution in [0.3, 0.4) is 0 Å². The van der Waals surface area contributed by atoms with E-state index in [2.05, 4.69) is 0 Å². The molecule has 27 heavy (non-hydrogen) atoms. The van der Waals surface area contributed by atoms with Gasteiger partial charge in [-0.1, -0.05) is 13.3 Å². The highest BCUT2D eigenvalue weighted by molar-refractivity contribution is 6.08. The Balaban J connectivity index is 2.44. The average Bonchev–Trinajstić information content (AvgIpc) is 2.70. The van der Waals surface area contributed by atoms with Gasteiger partial charge in [-0.2, -0.15) is 0 Å². The van der Waals surface area contributed by atoms with Crippen molar-refractivity contribution in [2.45, 2.75) is 25.9 Å². The maximum Gasteiger partial charge on any atom is 0.132 e. The van der Waals surface area contributed by atoms with E-state index in [1.165, 1.54) is 0 Å². The van der Waals surface area contributed by atoms with Crippen LogP contribution in [0.5, 0.6) is 23.0 Å². The van der Waals surface area contributed by atoms with Gasteiger partial charge in [-0.15, -0.1) is 0 Å². The third kappa shape index (κ3) is 3.23. The molecule has 0 heterocycles. The number of methoxy groups -OCH3 is 4. The second kappa shape index (κ2) is 7.92. The number of aliphatic hydroxyl groups excluding tert-OH is 1. The molecule has 5 heteroatoms. The van der Waals surface area contributed by atoms with Gasteiger partial charge in [-0.3, -0.25) is 0 Å². The number of hydrogen-bond acceptors (Lipinski definition) is 5. The first kappa shape index (κ1) is 19.1. The monoisotopic (exact) mass is 370 g/mol. The van der Waals surface area contributed by atoms with E-state index in [1.54, 1.807) is 28.4 Å². The minimum Gasteiger partial charge on any atom is -0.496 e. The van der Waals surface area contributed by atoms with Crippen molar-refractivity contribution in [3.8, 4) is 23.0 Å². The largest absolute Gasteiger partial charge is 0.496 e. The number of aliphatic hydroxyl groups is 1. The number of benzene rings is 3. The van der Waals surface area contributed by atoms with Gasteiger partial charge in [-0.25, -0.2) is 0 Å². The highest BCUT2D eigenvalue weighted by atomic mass is 16.5. The molecular formula is C22H26O5. The third-order valence-electron chi connectivity index (χ3n) is 4.92. The van der Waals surface area contributed by atoms with Crippen molar-refractivity contribution in [3.63, 3.8) is 0 Å². The summed E-state index contributed by atoms with van der Waals surface area (Å²) in [7, 11) is 6.54. The van der Waals surface area contributed by atoms with Gasteiger partial charge >= 0.3 is 0 Å². The summed E-state index contributed by atoms with van der Waals surface area (Å²) < 4.78 is 22.4. The van der Waals surface area contributed by atoms with Crippen molar-refractivity contribution in [3.05, 3.63) is 35.9 Å². The van der Waals surface area contributed by atoms with Crippen LogP contribution in [-0.2, 0) is 0 Å². The van der Waals surface area contributed by atoms with E-state index in [0.717, 1.165) is 45.0 Å². The zero-order valence-electron chi connectivity index (χ0n) is 16.5. The predicted molar refractivity (Wildman–Crippen MR) is 108 cm³/mol. The molecule has 5 nitrogen and oxygen atoms in total. The van der Waals surface area contributed by atoms with Crippen molar-refractivity contribution in [1.29, 1.82) is 0 Å². The maximum absolute atomic E-state index is 10.6. The highest BCUT2D eigenvalue weighted by Gasteiger charge is 2.21. The normalized spacial score (nSPS) is 12.2. The van der Waals surface area contributed by atoms with Crippen molar-refractivity contribution < 1.29 is 24.1 Å². The lowest BCUT2D eigenvalue weighted by Gasteiger charge is -2.20. The molecule has 1 unspecified atom stereocenters. The van der Waals surface area contributed by atoms with Crippen LogP contribution in [-0.4, -0.2) is 33.5 Å². The zero-order chi connectivity index (χ0) is 19.6. The Labute approximate surface area is 159 Å². The molecule has 0 radical (unpaired) electrons. The van der Waals surface area contributed by atoms with Gasteiger partial charge in [-0.05, 0) is 36.8 Å². The van der Waals surface area contributed by atoms with Crippen LogP contribution in [0.15, 0.2) is 30.3 Å². The summed E-state index contributed by atoms with van der Waals surface area (Å²) in [5.74, 6) is 2.83. The summed E-state index contributed by atoms with van der Waals surface area (Å²) in [5, 5.41) is 14.2. The molecule has 0 saturated heterocycles. The minimum atomic E-state index is -0.619. The van der Waals surface area contributed by atoms with Gasteiger partial charge in [0.25, 0.3) is 0 Å². The SMILES string of the molecule is CCCC(O)c1cc(OC)c2cc3c(OC)ccc(OC)c3cc2c1OC. The van der Waals surface area contributed by atoms with E-state index in [-0.39, 0.29) is 0 Å². The molecule has 0 bridgehead atoms. The van der Waals surface area contributed by atoms with Crippen LogP contribution < -0.4 is 18.9 Å². The first-order valence-corrected chi connectivity index (χ1v) is 9.00. The Hall–Kier alpha value is -2.66. The van der Waals surface area contributed by atoms with E-state index in [0.29, 0.717) is 17.9 Å². The predicted octanol–water partition coefficient (Wildman–Crippen LogP) is 4.86. The molecule has 0 saturated carbocycles. The molecule has 3 rings (SSSR count). The summed E-state index contributed by atoms with van der Waals surface area (Å²) in [5.41, 5.74) is 0.727. The molecule has 0 spiro atoms. The van der Waals surface area contributed by atoms with Crippen LogP contribution in [0.1, 0.15) is 31.4 Å². The smallest absolute Gasteiger partial charge is 0.132 e. The lowest BCUT2D eigenvalue weighted by atomic mass is 9.95. The van der Waals surface area contributed by atoms with Gasteiger partial charge in [0.05, 0.1) is 34.5 Å². The van der Waals surface area contributed by atoms with Crippen LogP contribution >= 0.6 is 0 Å². The maximum atomic E-state index is 10.6. The Morgan fingerprint density at radius 2 is 1.26 bits per heavy atom. The fraction of sp³-hybridized carbons (Fsp3) is 0.364. The lowest BCUT2D eigenvalue weighted by Crippen LogP contribution is -2.02. The van der Waals surface area contributed by atoms with Crippen LogP contribution in [0.2, 0.25) is 0 Å². The zero-order valence-corrected chi connectivity index (χ0v) is 16.5. The third-order valence-corrected chi connectivity index (χ3v) is 4.92. The second-order valence-electron chi connectivity index (χ2n) is 6.42. The number of hydrogen-bond donors (Lipinski definition) is 1. The van der Waals surface area contributed by atoms with Gasteiger partial charge < -0.3 is 24.1 Å². The van der Waals surface area contributed by atoms with E-state index in [4.69, 9.17) is 18.9 Å². The lowest BCUT2D eigenvalue weighted by molar-refractivity contribution is 0.162. The molecule has 3 aromatic rings. The highest BCUT2D eigenvalue weighted by Crippen LogP contribution is 2.45. The summed E-state index contributed by atoms with van der Waals surface area (Å²) in [6.07, 6.45) is 0.898. The Morgan fingerprint density at radius 1 is 0.741 bits per heavy atom. The van der Waals surface area contributed by atoms with E-state index in [1.807, 2.05) is 37.3 Å². The first-order valence-electron chi connectivity index (χ1n) is 9.00. The molecule has 0 aromatic heterocycles. The fourth-order valence-corrected chi connectivity index (χ4v) is 3.60. The summed E-state index contributed by atoms with van der Waals surface area (Å²) in [6, 6.07) is 9.65. The molecule has 1 atom stereocenters. The summed E-state index contributed by atoms with van der Waals surface area (Å²) in [6.45, 7) is 2.04. The Bertz CT molecular complexity index is 964. The molecule has 144 valence electrons. The molecule has 1 N–H and O–H groups in total. The molecular weight excluding hydrogens is 344 g/mol. The molecule has 0 fully saturated rings. The van der Waals surface area contributed by atoms with Crippen LogP contribution in [0, 0.1) is 0 Å². The van der Waals surface area contributed by atoms with Gasteiger partial charge in [0, 0.05) is 27.1 Å². The van der Waals surface area contributed by atoms with Gasteiger partial charge in [0.1, 0.15) is 23.0 Å². The number of rotatable bonds is 7. The minimum absolute atomic E-state index is 0.619. The topological polar surface area (TPSA) is 57.2 Å². The summed E-state index contributed by atoms with van der Waals surface area (Å²) in [4.78, 5) is 0. The number of ether oxygens (including phenoxy) is 4. The van der Waals surface area contributed by atoms with Crippen molar-refractivity contribution >= 4 is 21.5 Å². The average molecular weight is 370 g/mol. The quantitative estimate of drug-likeness (QED) is 0.602. The first-order chi connectivity index (χ1) is 13.1. The Morgan fingerprint density at radius 3 is 1.74 bits per heavy atom. The molecule has 0 aliphatic heterocycles. The van der Waals surface area contributed by atoms with Gasteiger partial charge in [0.2, 0.25) is 0 Å². The van der Waals surface area contributed by atoms with E-state index in [9.17, 15) is 5.11 Å². The number of fused-ring (bicyclic) bond motifs is 2. The van der Waals surface area contributed by atoms with Crippen molar-refractivity contribution in [1.82, 2.24) is 0 Å². The molecule has 0 aliphatic rings. The van der Waals surface area contributed by atoms with Crippen LogP contribution in [0.25, 0.3) is 21.5 Å². The van der Waals surface area contributed by atoms with E-state index < -0.39 is 6.10 Å². The second-order valence-corrected chi connectivity index (χ2v) is 6.42. The summed E-state index contributed by atoms with van der Waals surface area (Å²) >= 11 is 0. The standard InChI is InChI=1S/C22H26O5/c1-6-7-18(23)17-12-21(26-4)15-10-13-14(11-16(15)22(17)27-5)20(25-3)9-8-19(13)24-2/h8-12,18,23H,6-7H2,1-5H3. The Kier molecular flexibility index (Phi) is 5.61. The molecule has 0 amide bonds.